The molecular formula is C11H13N3O2. The van der Waals surface area contributed by atoms with E-state index in [0.717, 1.165) is 0 Å². The zero-order valence-electron chi connectivity index (χ0n) is 9.10. The quantitative estimate of drug-likeness (QED) is 0.633. The van der Waals surface area contributed by atoms with Crippen molar-refractivity contribution in [2.24, 2.45) is 7.05 Å². The number of hydrogen-bond acceptors (Lipinski definition) is 4. The van der Waals surface area contributed by atoms with Crippen molar-refractivity contribution in [2.75, 3.05) is 5.73 Å². The van der Waals surface area contributed by atoms with Crippen LogP contribution < -0.4 is 5.73 Å². The zero-order valence-corrected chi connectivity index (χ0v) is 9.10. The Kier molecular flexibility index (Phi) is 2.23. The van der Waals surface area contributed by atoms with Crippen LogP contribution in [0, 0.1) is 6.92 Å². The topological polar surface area (TPSA) is 84.3 Å². The van der Waals surface area contributed by atoms with Gasteiger partial charge in [0.25, 0.3) is 0 Å². The second kappa shape index (κ2) is 3.44. The lowest BCUT2D eigenvalue weighted by atomic mass is 10.0. The number of anilines is 1. The minimum absolute atomic E-state index is 0.124. The van der Waals surface area contributed by atoms with E-state index in [2.05, 4.69) is 5.10 Å². The first-order chi connectivity index (χ1) is 7.52. The van der Waals surface area contributed by atoms with E-state index in [4.69, 9.17) is 5.73 Å². The number of aromatic hydroxyl groups is 2. The van der Waals surface area contributed by atoms with Crippen molar-refractivity contribution in [3.05, 3.63) is 23.9 Å². The molecule has 5 nitrogen and oxygen atoms in total. The molecule has 1 aromatic heterocycles. The molecule has 5 heteroatoms. The van der Waals surface area contributed by atoms with Crippen LogP contribution in [0.3, 0.4) is 0 Å². The number of hydrogen-bond donors (Lipinski definition) is 3. The Labute approximate surface area is 92.8 Å². The Hall–Kier alpha value is -2.17. The number of aryl methyl sites for hydroxylation is 2. The lowest BCUT2D eigenvalue weighted by Crippen LogP contribution is -1.98. The van der Waals surface area contributed by atoms with E-state index in [9.17, 15) is 10.2 Å². The molecule has 0 bridgehead atoms. The maximum absolute atomic E-state index is 9.82. The fourth-order valence-electron chi connectivity index (χ4n) is 1.55. The third kappa shape index (κ3) is 1.37. The lowest BCUT2D eigenvalue weighted by molar-refractivity contribution is 0.402. The Morgan fingerprint density at radius 1 is 1.19 bits per heavy atom. The Morgan fingerprint density at radius 2 is 1.88 bits per heavy atom. The molecule has 16 heavy (non-hydrogen) atoms. The maximum atomic E-state index is 9.82. The van der Waals surface area contributed by atoms with Crippen molar-refractivity contribution in [1.29, 1.82) is 0 Å². The highest BCUT2D eigenvalue weighted by Crippen LogP contribution is 2.40. The van der Waals surface area contributed by atoms with Crippen LogP contribution in [-0.2, 0) is 7.05 Å². The van der Waals surface area contributed by atoms with Crippen molar-refractivity contribution in [1.82, 2.24) is 9.78 Å². The van der Waals surface area contributed by atoms with Gasteiger partial charge in [-0.15, -0.1) is 0 Å². The van der Waals surface area contributed by atoms with Crippen LogP contribution in [0.4, 0.5) is 5.82 Å². The highest BCUT2D eigenvalue weighted by Gasteiger charge is 2.15. The van der Waals surface area contributed by atoms with Crippen molar-refractivity contribution >= 4 is 5.82 Å². The highest BCUT2D eigenvalue weighted by molar-refractivity contribution is 5.80. The number of aromatic nitrogens is 2. The molecule has 0 spiro atoms. The number of nitrogen functional groups attached to an aromatic ring is 1. The van der Waals surface area contributed by atoms with Crippen LogP contribution in [0.25, 0.3) is 11.1 Å². The van der Waals surface area contributed by atoms with E-state index in [-0.39, 0.29) is 11.5 Å². The first-order valence-corrected chi connectivity index (χ1v) is 4.81. The molecule has 0 amide bonds. The molecule has 1 heterocycles. The molecule has 0 saturated heterocycles. The molecule has 84 valence electrons. The van der Waals surface area contributed by atoms with Gasteiger partial charge < -0.3 is 15.9 Å². The summed E-state index contributed by atoms with van der Waals surface area (Å²) in [6.45, 7) is 1.71. The minimum atomic E-state index is -0.167. The summed E-state index contributed by atoms with van der Waals surface area (Å²) in [6.07, 6.45) is 1.55. The van der Waals surface area contributed by atoms with Gasteiger partial charge in [-0.2, -0.15) is 5.10 Å². The monoisotopic (exact) mass is 219 g/mol. The summed E-state index contributed by atoms with van der Waals surface area (Å²) in [4.78, 5) is 0. The molecule has 2 aromatic rings. The van der Waals surface area contributed by atoms with Crippen LogP contribution >= 0.6 is 0 Å². The summed E-state index contributed by atoms with van der Waals surface area (Å²) in [5, 5.41) is 23.4. The molecule has 1 aromatic carbocycles. The van der Waals surface area contributed by atoms with Crippen LogP contribution in [0.1, 0.15) is 5.56 Å². The first-order valence-electron chi connectivity index (χ1n) is 4.81. The average molecular weight is 219 g/mol. The normalized spacial score (nSPS) is 10.6. The largest absolute Gasteiger partial charge is 0.504 e. The van der Waals surface area contributed by atoms with E-state index in [0.29, 0.717) is 22.5 Å². The third-order valence-electron chi connectivity index (χ3n) is 2.63. The van der Waals surface area contributed by atoms with Crippen molar-refractivity contribution in [2.45, 2.75) is 6.92 Å². The number of rotatable bonds is 1. The number of phenols is 2. The van der Waals surface area contributed by atoms with Gasteiger partial charge >= 0.3 is 0 Å². The fourth-order valence-corrected chi connectivity index (χ4v) is 1.55. The Bertz CT molecular complexity index is 546. The molecule has 0 aliphatic carbocycles. The molecular weight excluding hydrogens is 206 g/mol. The van der Waals surface area contributed by atoms with Gasteiger partial charge in [-0.25, -0.2) is 0 Å². The molecule has 0 saturated carbocycles. The summed E-state index contributed by atoms with van der Waals surface area (Å²) in [7, 11) is 1.71. The van der Waals surface area contributed by atoms with Crippen LogP contribution in [-0.4, -0.2) is 20.0 Å². The van der Waals surface area contributed by atoms with Crippen LogP contribution in [0.15, 0.2) is 18.3 Å². The highest BCUT2D eigenvalue weighted by atomic mass is 16.3. The Balaban J connectivity index is 2.66. The Morgan fingerprint density at radius 3 is 2.44 bits per heavy atom. The predicted octanol–water partition coefficient (Wildman–Crippen LogP) is 1.39. The molecule has 0 aliphatic rings. The van der Waals surface area contributed by atoms with E-state index < -0.39 is 0 Å². The van der Waals surface area contributed by atoms with Gasteiger partial charge in [0.05, 0.1) is 6.20 Å². The van der Waals surface area contributed by atoms with Crippen molar-refractivity contribution in [3.8, 4) is 22.6 Å². The maximum Gasteiger partial charge on any atom is 0.165 e. The van der Waals surface area contributed by atoms with Crippen LogP contribution in [0.2, 0.25) is 0 Å². The number of benzene rings is 1. The number of phenolic OH excluding ortho intramolecular Hbond substituents is 2. The molecule has 4 N–H and O–H groups in total. The summed E-state index contributed by atoms with van der Waals surface area (Å²) in [5.41, 5.74) is 7.50. The summed E-state index contributed by atoms with van der Waals surface area (Å²) in [6, 6.07) is 3.43. The van der Waals surface area contributed by atoms with Gasteiger partial charge in [0.15, 0.2) is 11.5 Å². The minimum Gasteiger partial charge on any atom is -0.504 e. The summed E-state index contributed by atoms with van der Waals surface area (Å²) >= 11 is 0. The van der Waals surface area contributed by atoms with Gasteiger partial charge in [0.2, 0.25) is 0 Å². The van der Waals surface area contributed by atoms with E-state index in [1.807, 2.05) is 0 Å². The fraction of sp³-hybridized carbons (Fsp3) is 0.182. The SMILES string of the molecule is Cc1ccc(-c2cnn(C)c2N)c(O)c1O. The molecule has 0 fully saturated rings. The predicted molar refractivity (Wildman–Crippen MR) is 61.1 cm³/mol. The molecule has 0 aliphatic heterocycles. The summed E-state index contributed by atoms with van der Waals surface area (Å²) < 4.78 is 1.51. The van der Waals surface area contributed by atoms with Crippen LogP contribution in [0.5, 0.6) is 11.5 Å². The standard InChI is InChI=1S/C11H13N3O2/c1-6-3-4-7(10(16)9(6)15)8-5-13-14(2)11(8)12/h3-5,15-16H,12H2,1-2H3. The van der Waals surface area contributed by atoms with Gasteiger partial charge in [-0.05, 0) is 18.6 Å². The average Bonchev–Trinajstić information content (AvgIpc) is 2.58. The van der Waals surface area contributed by atoms with Gasteiger partial charge in [-0.1, -0.05) is 6.07 Å². The van der Waals surface area contributed by atoms with Crippen molar-refractivity contribution < 1.29 is 10.2 Å². The number of nitrogens with zero attached hydrogens (tertiary/aromatic N) is 2. The zero-order chi connectivity index (χ0) is 11.9. The van der Waals surface area contributed by atoms with E-state index in [1.54, 1.807) is 32.3 Å². The summed E-state index contributed by atoms with van der Waals surface area (Å²) in [5.74, 6) is 0.152. The van der Waals surface area contributed by atoms with E-state index >= 15 is 0 Å². The van der Waals surface area contributed by atoms with Crippen molar-refractivity contribution in [3.63, 3.8) is 0 Å². The lowest BCUT2D eigenvalue weighted by Gasteiger charge is -2.07. The van der Waals surface area contributed by atoms with E-state index in [1.165, 1.54) is 4.68 Å². The second-order valence-corrected chi connectivity index (χ2v) is 3.69. The first kappa shape index (κ1) is 10.4. The second-order valence-electron chi connectivity index (χ2n) is 3.69. The number of nitrogens with two attached hydrogens (primary N) is 1. The van der Waals surface area contributed by atoms with Gasteiger partial charge in [0.1, 0.15) is 5.82 Å². The molecule has 2 rings (SSSR count). The third-order valence-corrected chi connectivity index (χ3v) is 2.63. The molecule has 0 unspecified atom stereocenters. The smallest absolute Gasteiger partial charge is 0.165 e. The molecule has 0 radical (unpaired) electrons. The van der Waals surface area contributed by atoms with Gasteiger partial charge in [0, 0.05) is 18.2 Å². The van der Waals surface area contributed by atoms with Gasteiger partial charge in [-0.3, -0.25) is 4.68 Å². The molecule has 0 atom stereocenters.